The molecule has 0 fully saturated rings. The fourth-order valence-corrected chi connectivity index (χ4v) is 1.88. The van der Waals surface area contributed by atoms with Gasteiger partial charge < -0.3 is 4.74 Å². The molecule has 0 saturated heterocycles. The normalized spacial score (nSPS) is 10.7. The maximum absolute atomic E-state index is 13.5. The number of ether oxygens (including phenoxy) is 1. The summed E-state index contributed by atoms with van der Waals surface area (Å²) in [5.74, 6) is -2.09. The van der Waals surface area contributed by atoms with Crippen LogP contribution in [0.15, 0.2) is 18.2 Å². The molecular weight excluding hydrogens is 264 g/mol. The third kappa shape index (κ3) is 2.41. The predicted octanol–water partition coefficient (Wildman–Crippen LogP) is 2.88. The van der Waals surface area contributed by atoms with Crippen LogP contribution in [0, 0.1) is 11.6 Å². The van der Waals surface area contributed by atoms with Crippen molar-refractivity contribution >= 4 is 28.5 Å². The van der Waals surface area contributed by atoms with E-state index < -0.39 is 17.6 Å². The van der Waals surface area contributed by atoms with Crippen LogP contribution >= 0.6 is 11.6 Å². The van der Waals surface area contributed by atoms with E-state index in [-0.39, 0.29) is 22.5 Å². The number of methoxy groups -OCH3 is 1. The summed E-state index contributed by atoms with van der Waals surface area (Å²) in [4.78, 5) is 15.0. The first-order valence-electron chi connectivity index (χ1n) is 5.02. The van der Waals surface area contributed by atoms with Crippen LogP contribution in [-0.4, -0.2) is 18.1 Å². The minimum absolute atomic E-state index is 0.0342. The van der Waals surface area contributed by atoms with Gasteiger partial charge in [0.15, 0.2) is 5.82 Å². The Bertz CT molecular complexity index is 631. The predicted molar refractivity (Wildman–Crippen MR) is 62.4 cm³/mol. The average molecular weight is 272 g/mol. The van der Waals surface area contributed by atoms with Gasteiger partial charge in [0.2, 0.25) is 0 Å². The van der Waals surface area contributed by atoms with Gasteiger partial charge in [-0.15, -0.1) is 0 Å². The van der Waals surface area contributed by atoms with Crippen molar-refractivity contribution in [3.8, 4) is 0 Å². The topological polar surface area (TPSA) is 39.2 Å². The van der Waals surface area contributed by atoms with Crippen LogP contribution in [0.2, 0.25) is 5.15 Å². The summed E-state index contributed by atoms with van der Waals surface area (Å²) < 4.78 is 31.2. The fourth-order valence-electron chi connectivity index (χ4n) is 1.66. The monoisotopic (exact) mass is 271 g/mol. The summed E-state index contributed by atoms with van der Waals surface area (Å²) in [7, 11) is 1.23. The number of hydrogen-bond acceptors (Lipinski definition) is 3. The summed E-state index contributed by atoms with van der Waals surface area (Å²) in [6.07, 6.45) is -0.127. The first kappa shape index (κ1) is 12.7. The maximum Gasteiger partial charge on any atom is 0.310 e. The number of nitrogens with zero attached hydrogens (tertiary/aromatic N) is 1. The van der Waals surface area contributed by atoms with Crippen molar-refractivity contribution < 1.29 is 18.3 Å². The number of hydrogen-bond donors (Lipinski definition) is 0. The number of benzene rings is 1. The minimum Gasteiger partial charge on any atom is -0.469 e. The molecule has 6 heteroatoms. The molecule has 94 valence electrons. The number of rotatable bonds is 2. The average Bonchev–Trinajstić information content (AvgIpc) is 2.30. The Balaban J connectivity index is 2.67. The molecule has 0 radical (unpaired) electrons. The van der Waals surface area contributed by atoms with E-state index in [0.717, 1.165) is 6.07 Å². The Morgan fingerprint density at radius 3 is 2.78 bits per heavy atom. The Kier molecular flexibility index (Phi) is 3.43. The number of halogens is 3. The van der Waals surface area contributed by atoms with Gasteiger partial charge in [0.25, 0.3) is 0 Å². The first-order chi connectivity index (χ1) is 8.51. The van der Waals surface area contributed by atoms with Crippen LogP contribution in [0.5, 0.6) is 0 Å². The van der Waals surface area contributed by atoms with Crippen LogP contribution in [0.3, 0.4) is 0 Å². The fraction of sp³-hybridized carbons (Fsp3) is 0.167. The molecule has 0 amide bonds. The lowest BCUT2D eigenvalue weighted by Gasteiger charge is -2.07. The number of carbonyl (C=O) groups excluding carboxylic acids is 1. The first-order valence-corrected chi connectivity index (χ1v) is 5.40. The quantitative estimate of drug-likeness (QED) is 0.623. The molecule has 0 N–H and O–H groups in total. The largest absolute Gasteiger partial charge is 0.469 e. The molecule has 1 heterocycles. The highest BCUT2D eigenvalue weighted by Gasteiger charge is 2.13. The molecule has 0 atom stereocenters. The summed E-state index contributed by atoms with van der Waals surface area (Å²) in [5.41, 5.74) is 0.304. The van der Waals surface area contributed by atoms with E-state index >= 15 is 0 Å². The van der Waals surface area contributed by atoms with Gasteiger partial charge in [-0.25, -0.2) is 13.8 Å². The van der Waals surface area contributed by atoms with Gasteiger partial charge >= 0.3 is 5.97 Å². The molecule has 3 nitrogen and oxygen atoms in total. The lowest BCUT2D eigenvalue weighted by Crippen LogP contribution is -2.06. The molecule has 0 unspecified atom stereocenters. The summed E-state index contributed by atoms with van der Waals surface area (Å²) in [6.45, 7) is 0. The third-order valence-electron chi connectivity index (χ3n) is 2.45. The van der Waals surface area contributed by atoms with E-state index in [1.165, 1.54) is 13.2 Å². The molecule has 1 aromatic carbocycles. The van der Waals surface area contributed by atoms with Crippen LogP contribution in [-0.2, 0) is 16.0 Å². The Labute approximate surface area is 106 Å². The van der Waals surface area contributed by atoms with E-state index in [1.807, 2.05) is 0 Å². The molecular formula is C12H8ClF2NO2. The van der Waals surface area contributed by atoms with Crippen molar-refractivity contribution in [1.29, 1.82) is 0 Å². The zero-order chi connectivity index (χ0) is 13.3. The van der Waals surface area contributed by atoms with E-state index in [1.54, 1.807) is 0 Å². The molecule has 1 aromatic heterocycles. The van der Waals surface area contributed by atoms with Crippen molar-refractivity contribution in [2.24, 2.45) is 0 Å². The van der Waals surface area contributed by atoms with E-state index in [9.17, 15) is 13.6 Å². The summed E-state index contributed by atoms with van der Waals surface area (Å²) in [5, 5.41) is 0.245. The molecule has 0 aliphatic heterocycles. The van der Waals surface area contributed by atoms with Crippen molar-refractivity contribution in [3.05, 3.63) is 40.6 Å². The molecule has 0 saturated carbocycles. The van der Waals surface area contributed by atoms with Crippen molar-refractivity contribution in [2.75, 3.05) is 7.11 Å². The van der Waals surface area contributed by atoms with Crippen molar-refractivity contribution in [1.82, 2.24) is 4.98 Å². The number of aromatic nitrogens is 1. The molecule has 0 bridgehead atoms. The van der Waals surface area contributed by atoms with Gasteiger partial charge in [0.1, 0.15) is 16.5 Å². The molecule has 2 aromatic rings. The lowest BCUT2D eigenvalue weighted by atomic mass is 10.1. The summed E-state index contributed by atoms with van der Waals surface area (Å²) in [6, 6.07) is 3.22. The highest BCUT2D eigenvalue weighted by molar-refractivity contribution is 6.30. The third-order valence-corrected chi connectivity index (χ3v) is 2.64. The van der Waals surface area contributed by atoms with Crippen molar-refractivity contribution in [2.45, 2.75) is 6.42 Å². The standard InChI is InChI=1S/C12H8ClF2NO2/c1-18-11(17)3-6-2-10(13)16-12-8(6)4-7(14)5-9(12)15/h2,4-5H,3H2,1H3. The second kappa shape index (κ2) is 4.86. The number of esters is 1. The van der Waals surface area contributed by atoms with Gasteiger partial charge in [-0.3, -0.25) is 4.79 Å². The zero-order valence-corrected chi connectivity index (χ0v) is 10.1. The molecule has 0 aliphatic rings. The number of fused-ring (bicyclic) bond motifs is 1. The highest BCUT2D eigenvalue weighted by Crippen LogP contribution is 2.25. The highest BCUT2D eigenvalue weighted by atomic mass is 35.5. The van der Waals surface area contributed by atoms with Gasteiger partial charge in [0.05, 0.1) is 13.5 Å². The molecule has 2 rings (SSSR count). The van der Waals surface area contributed by atoms with Gasteiger partial charge in [-0.1, -0.05) is 11.6 Å². The Morgan fingerprint density at radius 1 is 1.39 bits per heavy atom. The van der Waals surface area contributed by atoms with Crippen LogP contribution in [0.25, 0.3) is 10.9 Å². The van der Waals surface area contributed by atoms with Gasteiger partial charge in [0, 0.05) is 11.5 Å². The van der Waals surface area contributed by atoms with Gasteiger partial charge in [-0.05, 0) is 17.7 Å². The van der Waals surface area contributed by atoms with Crippen molar-refractivity contribution in [3.63, 3.8) is 0 Å². The van der Waals surface area contributed by atoms with E-state index in [0.29, 0.717) is 11.6 Å². The van der Waals surface area contributed by atoms with Crippen LogP contribution in [0.1, 0.15) is 5.56 Å². The Hall–Kier alpha value is -1.75. The molecule has 0 aliphatic carbocycles. The second-order valence-electron chi connectivity index (χ2n) is 3.64. The number of carbonyl (C=O) groups is 1. The SMILES string of the molecule is COC(=O)Cc1cc(Cl)nc2c(F)cc(F)cc12. The molecule has 0 spiro atoms. The van der Waals surface area contributed by atoms with Crippen LogP contribution in [0.4, 0.5) is 8.78 Å². The summed E-state index contributed by atoms with van der Waals surface area (Å²) >= 11 is 5.74. The Morgan fingerprint density at radius 2 is 2.11 bits per heavy atom. The van der Waals surface area contributed by atoms with Gasteiger partial charge in [-0.2, -0.15) is 0 Å². The molecule has 18 heavy (non-hydrogen) atoms. The van der Waals surface area contributed by atoms with E-state index in [2.05, 4.69) is 9.72 Å². The zero-order valence-electron chi connectivity index (χ0n) is 9.34. The number of pyridine rings is 1. The smallest absolute Gasteiger partial charge is 0.310 e. The second-order valence-corrected chi connectivity index (χ2v) is 4.03. The lowest BCUT2D eigenvalue weighted by molar-refractivity contribution is -0.139. The van der Waals surface area contributed by atoms with E-state index in [4.69, 9.17) is 11.6 Å². The minimum atomic E-state index is -0.821. The van der Waals surface area contributed by atoms with Crippen LogP contribution < -0.4 is 0 Å². The maximum atomic E-state index is 13.5.